The average molecular weight is 219 g/mol. The van der Waals surface area contributed by atoms with Gasteiger partial charge in [0, 0.05) is 18.2 Å². The highest BCUT2D eigenvalue weighted by molar-refractivity contribution is 6.02. The molecule has 0 saturated heterocycles. The maximum Gasteiger partial charge on any atom is 0.355 e. The molecule has 0 aliphatic rings. The molecule has 4 heteroatoms. The third kappa shape index (κ3) is 1.46. The van der Waals surface area contributed by atoms with E-state index in [1.54, 1.807) is 6.07 Å². The summed E-state index contributed by atoms with van der Waals surface area (Å²) in [5.74, 6) is -0.156. The van der Waals surface area contributed by atoms with E-state index < -0.39 is 5.97 Å². The molecule has 0 spiro atoms. The first-order chi connectivity index (χ1) is 7.69. The number of fused-ring (bicyclic) bond motifs is 1. The Morgan fingerprint density at radius 1 is 1.44 bits per heavy atom. The third-order valence-electron chi connectivity index (χ3n) is 2.66. The van der Waals surface area contributed by atoms with Crippen LogP contribution in [0.5, 0.6) is 0 Å². The summed E-state index contributed by atoms with van der Waals surface area (Å²) in [6, 6.07) is 1.71. The summed E-state index contributed by atoms with van der Waals surface area (Å²) >= 11 is 0. The van der Waals surface area contributed by atoms with E-state index in [0.717, 1.165) is 24.2 Å². The Hall–Kier alpha value is -1.84. The molecule has 84 valence electrons. The molecule has 2 aromatic rings. The van der Waals surface area contributed by atoms with E-state index in [1.165, 1.54) is 6.20 Å². The van der Waals surface area contributed by atoms with Gasteiger partial charge >= 0.3 is 5.97 Å². The van der Waals surface area contributed by atoms with E-state index in [9.17, 15) is 4.79 Å². The van der Waals surface area contributed by atoms with Crippen molar-refractivity contribution in [2.24, 2.45) is 0 Å². The first-order valence-corrected chi connectivity index (χ1v) is 5.31. The third-order valence-corrected chi connectivity index (χ3v) is 2.66. The van der Waals surface area contributed by atoms with E-state index in [-0.39, 0.29) is 5.69 Å². The minimum absolute atomic E-state index is 0.0813. The SMILES string of the molecule is CCc1oc2ccnc(C(=O)O)c2c1CC. The molecule has 4 nitrogen and oxygen atoms in total. The summed E-state index contributed by atoms with van der Waals surface area (Å²) in [6.07, 6.45) is 2.98. The molecule has 0 fully saturated rings. The number of carboxylic acids is 1. The lowest BCUT2D eigenvalue weighted by molar-refractivity contribution is 0.0693. The molecule has 0 amide bonds. The van der Waals surface area contributed by atoms with Crippen LogP contribution in [0.25, 0.3) is 11.0 Å². The Kier molecular flexibility index (Phi) is 2.64. The van der Waals surface area contributed by atoms with Gasteiger partial charge in [-0.05, 0) is 12.5 Å². The summed E-state index contributed by atoms with van der Waals surface area (Å²) in [6.45, 7) is 3.98. The highest BCUT2D eigenvalue weighted by Crippen LogP contribution is 2.28. The van der Waals surface area contributed by atoms with Gasteiger partial charge in [-0.15, -0.1) is 0 Å². The number of nitrogens with zero attached hydrogens (tertiary/aromatic N) is 1. The topological polar surface area (TPSA) is 63.3 Å². The van der Waals surface area contributed by atoms with Gasteiger partial charge < -0.3 is 9.52 Å². The van der Waals surface area contributed by atoms with E-state index in [1.807, 2.05) is 13.8 Å². The standard InChI is InChI=1S/C12H13NO3/c1-3-7-8(4-2)16-9-5-6-13-11(10(7)9)12(14)15/h5-6H,3-4H2,1-2H3,(H,14,15). The van der Waals surface area contributed by atoms with E-state index in [0.29, 0.717) is 11.0 Å². The molecule has 2 heterocycles. The van der Waals surface area contributed by atoms with Crippen LogP contribution in [0.4, 0.5) is 0 Å². The second-order valence-electron chi connectivity index (χ2n) is 3.55. The molecule has 1 N–H and O–H groups in total. The molecule has 16 heavy (non-hydrogen) atoms. The van der Waals surface area contributed by atoms with Crippen LogP contribution in [0, 0.1) is 0 Å². The molecule has 0 unspecified atom stereocenters. The summed E-state index contributed by atoms with van der Waals surface area (Å²) in [4.78, 5) is 15.0. The van der Waals surface area contributed by atoms with Crippen LogP contribution in [-0.2, 0) is 12.8 Å². The zero-order chi connectivity index (χ0) is 11.7. The van der Waals surface area contributed by atoms with Crippen LogP contribution >= 0.6 is 0 Å². The maximum atomic E-state index is 11.1. The molecule has 0 aromatic carbocycles. The fourth-order valence-electron chi connectivity index (χ4n) is 1.98. The van der Waals surface area contributed by atoms with E-state index >= 15 is 0 Å². The summed E-state index contributed by atoms with van der Waals surface area (Å²) < 4.78 is 5.63. The lowest BCUT2D eigenvalue weighted by Gasteiger charge is -1.98. The van der Waals surface area contributed by atoms with Crippen molar-refractivity contribution in [1.29, 1.82) is 0 Å². The van der Waals surface area contributed by atoms with Crippen molar-refractivity contribution in [1.82, 2.24) is 4.98 Å². The summed E-state index contributed by atoms with van der Waals surface area (Å²) in [7, 11) is 0. The van der Waals surface area contributed by atoms with Gasteiger partial charge in [0.25, 0.3) is 0 Å². The van der Waals surface area contributed by atoms with Gasteiger partial charge in [-0.1, -0.05) is 13.8 Å². The van der Waals surface area contributed by atoms with Gasteiger partial charge in [0.05, 0.1) is 5.39 Å². The van der Waals surface area contributed by atoms with Gasteiger partial charge in [0.1, 0.15) is 11.3 Å². The fourth-order valence-corrected chi connectivity index (χ4v) is 1.98. The minimum Gasteiger partial charge on any atom is -0.476 e. The van der Waals surface area contributed by atoms with Gasteiger partial charge in [-0.25, -0.2) is 9.78 Å². The highest BCUT2D eigenvalue weighted by Gasteiger charge is 2.19. The number of aromatic nitrogens is 1. The Labute approximate surface area is 92.9 Å². The highest BCUT2D eigenvalue weighted by atomic mass is 16.4. The lowest BCUT2D eigenvalue weighted by atomic mass is 10.1. The zero-order valence-corrected chi connectivity index (χ0v) is 9.28. The monoisotopic (exact) mass is 219 g/mol. The molecular weight excluding hydrogens is 206 g/mol. The van der Waals surface area contributed by atoms with Gasteiger partial charge in [-0.2, -0.15) is 0 Å². The second-order valence-corrected chi connectivity index (χ2v) is 3.55. The number of carboxylic acid groups (broad SMARTS) is 1. The van der Waals surface area contributed by atoms with Crippen LogP contribution in [-0.4, -0.2) is 16.1 Å². The van der Waals surface area contributed by atoms with E-state index in [2.05, 4.69) is 4.98 Å². The van der Waals surface area contributed by atoms with Crippen molar-refractivity contribution < 1.29 is 14.3 Å². The predicted octanol–water partition coefficient (Wildman–Crippen LogP) is 2.65. The lowest BCUT2D eigenvalue weighted by Crippen LogP contribution is -2.01. The van der Waals surface area contributed by atoms with Crippen molar-refractivity contribution >= 4 is 16.9 Å². The number of hydrogen-bond acceptors (Lipinski definition) is 3. The Morgan fingerprint density at radius 2 is 2.19 bits per heavy atom. The molecule has 2 aromatic heterocycles. The molecule has 2 rings (SSSR count). The number of pyridine rings is 1. The van der Waals surface area contributed by atoms with Gasteiger partial charge in [0.2, 0.25) is 0 Å². The number of carbonyl (C=O) groups is 1. The predicted molar refractivity (Wildman–Crippen MR) is 59.7 cm³/mol. The van der Waals surface area contributed by atoms with Crippen LogP contribution in [0.2, 0.25) is 0 Å². The molecule has 0 aliphatic carbocycles. The van der Waals surface area contributed by atoms with Crippen molar-refractivity contribution in [2.45, 2.75) is 26.7 Å². The minimum atomic E-state index is -1.01. The second kappa shape index (κ2) is 3.96. The average Bonchev–Trinajstić information content (AvgIpc) is 2.65. The summed E-state index contributed by atoms with van der Waals surface area (Å²) in [5, 5.41) is 9.73. The normalized spacial score (nSPS) is 10.9. The Balaban J connectivity index is 2.84. The van der Waals surface area contributed by atoms with Crippen LogP contribution in [0.3, 0.4) is 0 Å². The zero-order valence-electron chi connectivity index (χ0n) is 9.28. The number of aromatic carboxylic acids is 1. The van der Waals surface area contributed by atoms with Crippen LogP contribution < -0.4 is 0 Å². The van der Waals surface area contributed by atoms with Gasteiger partial charge in [0.15, 0.2) is 5.69 Å². The molecular formula is C12H13NO3. The first-order valence-electron chi connectivity index (χ1n) is 5.31. The van der Waals surface area contributed by atoms with Crippen LogP contribution in [0.15, 0.2) is 16.7 Å². The number of aryl methyl sites for hydroxylation is 2. The maximum absolute atomic E-state index is 11.1. The smallest absolute Gasteiger partial charge is 0.355 e. The molecule has 0 bridgehead atoms. The number of furan rings is 1. The first kappa shape index (κ1) is 10.7. The molecule has 0 atom stereocenters. The molecule has 0 aliphatic heterocycles. The molecule has 0 radical (unpaired) electrons. The van der Waals surface area contributed by atoms with Crippen molar-refractivity contribution in [3.05, 3.63) is 29.3 Å². The number of hydrogen-bond donors (Lipinski definition) is 1. The Bertz CT molecular complexity index is 542. The van der Waals surface area contributed by atoms with Crippen molar-refractivity contribution in [2.75, 3.05) is 0 Å². The quantitative estimate of drug-likeness (QED) is 0.861. The largest absolute Gasteiger partial charge is 0.476 e. The summed E-state index contributed by atoms with van der Waals surface area (Å²) in [5.41, 5.74) is 1.65. The van der Waals surface area contributed by atoms with E-state index in [4.69, 9.17) is 9.52 Å². The molecule has 0 saturated carbocycles. The fraction of sp³-hybridized carbons (Fsp3) is 0.333. The number of rotatable bonds is 3. The van der Waals surface area contributed by atoms with Gasteiger partial charge in [-0.3, -0.25) is 0 Å². The van der Waals surface area contributed by atoms with Crippen LogP contribution in [0.1, 0.15) is 35.7 Å². The van der Waals surface area contributed by atoms with Crippen molar-refractivity contribution in [3.8, 4) is 0 Å². The Morgan fingerprint density at radius 3 is 2.75 bits per heavy atom. The van der Waals surface area contributed by atoms with Crippen molar-refractivity contribution in [3.63, 3.8) is 0 Å².